The maximum absolute atomic E-state index is 12.0. The first-order valence-corrected chi connectivity index (χ1v) is 9.82. The van der Waals surface area contributed by atoms with Crippen molar-refractivity contribution in [2.45, 2.75) is 43.0 Å². The van der Waals surface area contributed by atoms with Crippen LogP contribution >= 0.6 is 12.4 Å². The van der Waals surface area contributed by atoms with Gasteiger partial charge in [-0.2, -0.15) is 4.98 Å². The van der Waals surface area contributed by atoms with Crippen molar-refractivity contribution in [1.29, 1.82) is 0 Å². The second-order valence-electron chi connectivity index (χ2n) is 6.27. The molecule has 3 rings (SSSR count). The molecular weight excluding hydrogens is 376 g/mol. The summed E-state index contributed by atoms with van der Waals surface area (Å²) in [6, 6.07) is 6.59. The molecule has 7 nitrogen and oxygen atoms in total. The van der Waals surface area contributed by atoms with Crippen LogP contribution < -0.4 is 10.5 Å². The number of halogens is 1. The number of hydrogen-bond acceptors (Lipinski definition) is 6. The lowest BCUT2D eigenvalue weighted by atomic mass is 9.77. The smallest absolute Gasteiger partial charge is 0.250 e. The minimum Gasteiger partial charge on any atom is -0.335 e. The van der Waals surface area contributed by atoms with E-state index < -0.39 is 15.6 Å². The van der Waals surface area contributed by atoms with Gasteiger partial charge in [0.05, 0.1) is 10.4 Å². The summed E-state index contributed by atoms with van der Waals surface area (Å²) in [5, 5.41) is 3.95. The number of benzene rings is 1. The second kappa shape index (κ2) is 8.30. The number of nitrogens with two attached hydrogens (primary N) is 1. The molecule has 2 aromatic rings. The number of sulfonamides is 1. The van der Waals surface area contributed by atoms with Crippen molar-refractivity contribution in [2.24, 2.45) is 5.73 Å². The molecule has 142 valence electrons. The summed E-state index contributed by atoms with van der Waals surface area (Å²) in [7, 11) is -3.44. The van der Waals surface area contributed by atoms with Gasteiger partial charge in [0.2, 0.25) is 10.0 Å². The second-order valence-corrected chi connectivity index (χ2v) is 8.03. The first-order chi connectivity index (χ1) is 11.9. The van der Waals surface area contributed by atoms with Crippen LogP contribution in [0.25, 0.3) is 12.2 Å². The third-order valence-electron chi connectivity index (χ3n) is 4.28. The number of rotatable bonds is 7. The van der Waals surface area contributed by atoms with Crippen LogP contribution in [0.5, 0.6) is 0 Å². The molecule has 0 amide bonds. The predicted octanol–water partition coefficient (Wildman–Crippen LogP) is 2.69. The number of aromatic nitrogens is 2. The van der Waals surface area contributed by atoms with Crippen LogP contribution in [0.3, 0.4) is 0 Å². The van der Waals surface area contributed by atoms with Crippen molar-refractivity contribution in [3.63, 3.8) is 0 Å². The minimum atomic E-state index is -3.44. The van der Waals surface area contributed by atoms with Gasteiger partial charge in [-0.15, -0.1) is 12.4 Å². The summed E-state index contributed by atoms with van der Waals surface area (Å²) in [5.41, 5.74) is 6.55. The molecule has 0 spiro atoms. The molecule has 1 aromatic heterocycles. The van der Waals surface area contributed by atoms with E-state index in [-0.39, 0.29) is 17.3 Å². The van der Waals surface area contributed by atoms with Gasteiger partial charge in [0, 0.05) is 12.6 Å². The summed E-state index contributed by atoms with van der Waals surface area (Å²) in [6.45, 7) is 2.34. The molecule has 26 heavy (non-hydrogen) atoms. The number of hydrogen-bond donors (Lipinski definition) is 2. The van der Waals surface area contributed by atoms with Crippen molar-refractivity contribution >= 4 is 34.6 Å². The Morgan fingerprint density at radius 3 is 2.54 bits per heavy atom. The van der Waals surface area contributed by atoms with Gasteiger partial charge in [0.1, 0.15) is 0 Å². The Balaban J connectivity index is 0.00000243. The van der Waals surface area contributed by atoms with Gasteiger partial charge in [-0.1, -0.05) is 24.2 Å². The molecule has 1 aliphatic rings. The summed E-state index contributed by atoms with van der Waals surface area (Å²) in [4.78, 5) is 4.56. The lowest BCUT2D eigenvalue weighted by Crippen LogP contribution is -2.44. The zero-order chi connectivity index (χ0) is 17.9. The maximum atomic E-state index is 12.0. The Morgan fingerprint density at radius 1 is 1.27 bits per heavy atom. The Hall–Kier alpha value is -1.74. The third kappa shape index (κ3) is 4.50. The monoisotopic (exact) mass is 398 g/mol. The number of nitrogens with zero attached hydrogens (tertiary/aromatic N) is 2. The highest BCUT2D eigenvalue weighted by atomic mass is 35.5. The zero-order valence-electron chi connectivity index (χ0n) is 14.5. The summed E-state index contributed by atoms with van der Waals surface area (Å²) < 4.78 is 31.8. The molecular formula is C17H23ClN4O3S. The summed E-state index contributed by atoms with van der Waals surface area (Å²) in [5.74, 6) is 0.926. The molecule has 0 radical (unpaired) electrons. The molecule has 1 aromatic carbocycles. The van der Waals surface area contributed by atoms with Gasteiger partial charge >= 0.3 is 0 Å². The number of nitrogens with one attached hydrogen (secondary N) is 1. The van der Waals surface area contributed by atoms with E-state index in [1.165, 1.54) is 0 Å². The first-order valence-electron chi connectivity index (χ1n) is 8.34. The van der Waals surface area contributed by atoms with E-state index in [1.54, 1.807) is 36.4 Å². The maximum Gasteiger partial charge on any atom is 0.250 e. The highest BCUT2D eigenvalue weighted by Crippen LogP contribution is 2.36. The van der Waals surface area contributed by atoms with Crippen LogP contribution in [-0.2, 0) is 15.6 Å². The van der Waals surface area contributed by atoms with E-state index in [9.17, 15) is 8.42 Å². The average molecular weight is 399 g/mol. The van der Waals surface area contributed by atoms with Gasteiger partial charge in [-0.3, -0.25) is 0 Å². The predicted molar refractivity (Wildman–Crippen MR) is 102 cm³/mol. The SMILES string of the molecule is CCCNS(=O)(=O)c1ccc(/C=C/c2nc(C3(N)CCC3)no2)cc1.Cl. The van der Waals surface area contributed by atoms with Gasteiger partial charge in [-0.05, 0) is 49.5 Å². The molecule has 1 saturated carbocycles. The lowest BCUT2D eigenvalue weighted by molar-refractivity contribution is 0.229. The van der Waals surface area contributed by atoms with E-state index in [2.05, 4.69) is 14.9 Å². The topological polar surface area (TPSA) is 111 Å². The quantitative estimate of drug-likeness (QED) is 0.741. The normalized spacial score (nSPS) is 16.2. The van der Waals surface area contributed by atoms with Gasteiger partial charge in [0.15, 0.2) is 5.82 Å². The summed E-state index contributed by atoms with van der Waals surface area (Å²) >= 11 is 0. The highest BCUT2D eigenvalue weighted by molar-refractivity contribution is 7.89. The van der Waals surface area contributed by atoms with Crippen LogP contribution in [0.2, 0.25) is 0 Å². The van der Waals surface area contributed by atoms with E-state index >= 15 is 0 Å². The fourth-order valence-electron chi connectivity index (χ4n) is 2.53. The van der Waals surface area contributed by atoms with Gasteiger partial charge in [-0.25, -0.2) is 13.1 Å². The fourth-order valence-corrected chi connectivity index (χ4v) is 3.67. The summed E-state index contributed by atoms with van der Waals surface area (Å²) in [6.07, 6.45) is 7.05. The van der Waals surface area contributed by atoms with E-state index in [1.807, 2.05) is 6.92 Å². The minimum absolute atomic E-state index is 0. The highest BCUT2D eigenvalue weighted by Gasteiger charge is 2.38. The first kappa shape index (κ1) is 20.6. The van der Waals surface area contributed by atoms with Crippen molar-refractivity contribution in [2.75, 3.05) is 6.54 Å². The van der Waals surface area contributed by atoms with Crippen LogP contribution in [0.1, 0.15) is 49.9 Å². The molecule has 0 atom stereocenters. The fraction of sp³-hybridized carbons (Fsp3) is 0.412. The molecule has 0 unspecified atom stereocenters. The molecule has 3 N–H and O–H groups in total. The molecule has 0 aliphatic heterocycles. The van der Waals surface area contributed by atoms with Gasteiger partial charge in [0.25, 0.3) is 5.89 Å². The van der Waals surface area contributed by atoms with Crippen molar-refractivity contribution in [1.82, 2.24) is 14.9 Å². The van der Waals surface area contributed by atoms with Crippen LogP contribution in [0.15, 0.2) is 33.7 Å². The molecule has 9 heteroatoms. The molecule has 1 aliphatic carbocycles. The van der Waals surface area contributed by atoms with Crippen molar-refractivity contribution in [3.05, 3.63) is 41.5 Å². The Morgan fingerprint density at radius 2 is 1.96 bits per heavy atom. The van der Waals surface area contributed by atoms with Crippen molar-refractivity contribution in [3.8, 4) is 0 Å². The molecule has 1 heterocycles. The van der Waals surface area contributed by atoms with E-state index in [0.717, 1.165) is 31.2 Å². The van der Waals surface area contributed by atoms with E-state index in [0.29, 0.717) is 18.3 Å². The molecule has 0 saturated heterocycles. The standard InChI is InChI=1S/C17H22N4O3S.ClH/c1-2-12-19-25(22,23)14-7-4-13(5-8-14)6-9-15-20-16(21-24-15)17(18)10-3-11-17;/h4-9,19H,2-3,10-12,18H2,1H3;1H/b9-6+;. The largest absolute Gasteiger partial charge is 0.335 e. The van der Waals surface area contributed by atoms with Crippen molar-refractivity contribution < 1.29 is 12.9 Å². The van der Waals surface area contributed by atoms with Crippen LogP contribution in [-0.4, -0.2) is 25.1 Å². The third-order valence-corrected chi connectivity index (χ3v) is 5.76. The molecule has 1 fully saturated rings. The lowest BCUT2D eigenvalue weighted by Gasteiger charge is -2.34. The van der Waals surface area contributed by atoms with Gasteiger partial charge < -0.3 is 10.3 Å². The van der Waals surface area contributed by atoms with E-state index in [4.69, 9.17) is 10.3 Å². The van der Waals surface area contributed by atoms with Crippen LogP contribution in [0, 0.1) is 0 Å². The Kier molecular flexibility index (Phi) is 6.57. The zero-order valence-corrected chi connectivity index (χ0v) is 16.1. The average Bonchev–Trinajstić information content (AvgIpc) is 3.06. The molecule has 0 bridgehead atoms. The van der Waals surface area contributed by atoms with Crippen LogP contribution in [0.4, 0.5) is 0 Å². The Labute approximate surface area is 159 Å². The Bertz CT molecular complexity index is 858.